The van der Waals surface area contributed by atoms with Crippen molar-refractivity contribution in [2.24, 2.45) is 7.05 Å². The molecule has 0 saturated carbocycles. The molecule has 0 aliphatic heterocycles. The van der Waals surface area contributed by atoms with Crippen LogP contribution in [0.2, 0.25) is 0 Å². The predicted molar refractivity (Wildman–Crippen MR) is 80.1 cm³/mol. The number of nitrogens with zero attached hydrogens (tertiary/aromatic N) is 2. The first-order valence-electron chi connectivity index (χ1n) is 6.24. The minimum absolute atomic E-state index is 0.416. The van der Waals surface area contributed by atoms with Crippen LogP contribution in [0.1, 0.15) is 11.1 Å². The minimum atomic E-state index is 0.416. The third kappa shape index (κ3) is 3.58. The van der Waals surface area contributed by atoms with Gasteiger partial charge in [-0.25, -0.2) is 0 Å². The number of aldehydes is 1. The van der Waals surface area contributed by atoms with E-state index in [1.54, 1.807) is 0 Å². The molecule has 3 nitrogen and oxygen atoms in total. The molecule has 98 valence electrons. The summed E-state index contributed by atoms with van der Waals surface area (Å²) in [6, 6.07) is 10.2. The quantitative estimate of drug-likeness (QED) is 0.767. The van der Waals surface area contributed by atoms with Gasteiger partial charge in [-0.1, -0.05) is 24.3 Å². The number of hydrogen-bond donors (Lipinski definition) is 0. The third-order valence-electron chi connectivity index (χ3n) is 3.01. The van der Waals surface area contributed by atoms with Crippen molar-refractivity contribution >= 4 is 24.1 Å². The second kappa shape index (κ2) is 6.05. The highest BCUT2D eigenvalue weighted by molar-refractivity contribution is 5.70. The number of aromatic nitrogens is 1. The molecular weight excluding hydrogens is 236 g/mol. The fraction of sp³-hybridized carbons (Fsp3) is 0.188. The second-order valence-corrected chi connectivity index (χ2v) is 4.58. The molecule has 0 radical (unpaired) electrons. The molecule has 1 heterocycles. The van der Waals surface area contributed by atoms with E-state index < -0.39 is 0 Å². The van der Waals surface area contributed by atoms with Gasteiger partial charge in [-0.2, -0.15) is 0 Å². The van der Waals surface area contributed by atoms with Crippen LogP contribution in [0, 0.1) is 0 Å². The van der Waals surface area contributed by atoms with Crippen LogP contribution in [0.15, 0.2) is 42.7 Å². The Morgan fingerprint density at radius 1 is 1.11 bits per heavy atom. The number of benzene rings is 1. The highest BCUT2D eigenvalue weighted by Crippen LogP contribution is 2.15. The highest BCUT2D eigenvalue weighted by atomic mass is 16.1. The normalized spacial score (nSPS) is 10.8. The van der Waals surface area contributed by atoms with Crippen LogP contribution in [0.4, 0.5) is 5.69 Å². The maximum atomic E-state index is 10.5. The molecule has 2 aromatic rings. The fourth-order valence-corrected chi connectivity index (χ4v) is 1.87. The minimum Gasteiger partial charge on any atom is -0.368 e. The SMILES string of the molecule is CN(CC=O)c1ccc(/C=C/c2ccn(C)c2)cc1. The zero-order chi connectivity index (χ0) is 13.7. The Labute approximate surface area is 113 Å². The summed E-state index contributed by atoms with van der Waals surface area (Å²) in [4.78, 5) is 12.4. The van der Waals surface area contributed by atoms with Crippen LogP contribution in [0.5, 0.6) is 0 Å². The lowest BCUT2D eigenvalue weighted by atomic mass is 10.1. The summed E-state index contributed by atoms with van der Waals surface area (Å²) in [6.07, 6.45) is 9.17. The van der Waals surface area contributed by atoms with Gasteiger partial charge in [0.25, 0.3) is 0 Å². The average molecular weight is 254 g/mol. The van der Waals surface area contributed by atoms with Gasteiger partial charge < -0.3 is 14.3 Å². The first-order chi connectivity index (χ1) is 9.19. The molecule has 0 unspecified atom stereocenters. The lowest BCUT2D eigenvalue weighted by molar-refractivity contribution is -0.106. The lowest BCUT2D eigenvalue weighted by Crippen LogP contribution is -2.18. The summed E-state index contributed by atoms with van der Waals surface area (Å²) in [5.41, 5.74) is 3.38. The van der Waals surface area contributed by atoms with Gasteiger partial charge in [0.05, 0.1) is 6.54 Å². The van der Waals surface area contributed by atoms with E-state index in [0.29, 0.717) is 6.54 Å². The Kier molecular flexibility index (Phi) is 4.18. The number of anilines is 1. The van der Waals surface area contributed by atoms with Crippen LogP contribution in [0.3, 0.4) is 0 Å². The molecule has 0 N–H and O–H groups in total. The summed E-state index contributed by atoms with van der Waals surface area (Å²) in [6.45, 7) is 0.416. The van der Waals surface area contributed by atoms with E-state index >= 15 is 0 Å². The Morgan fingerprint density at radius 3 is 2.37 bits per heavy atom. The predicted octanol–water partition coefficient (Wildman–Crippen LogP) is 2.83. The van der Waals surface area contributed by atoms with Crippen LogP contribution >= 0.6 is 0 Å². The van der Waals surface area contributed by atoms with E-state index in [9.17, 15) is 4.79 Å². The highest BCUT2D eigenvalue weighted by Gasteiger charge is 1.98. The number of rotatable bonds is 5. The summed E-state index contributed by atoms with van der Waals surface area (Å²) < 4.78 is 2.02. The third-order valence-corrected chi connectivity index (χ3v) is 3.01. The number of carbonyl (C=O) groups is 1. The van der Waals surface area contributed by atoms with Crippen molar-refractivity contribution in [2.75, 3.05) is 18.5 Å². The summed E-state index contributed by atoms with van der Waals surface area (Å²) >= 11 is 0. The van der Waals surface area contributed by atoms with Gasteiger partial charge in [-0.15, -0.1) is 0 Å². The summed E-state index contributed by atoms with van der Waals surface area (Å²) in [5, 5.41) is 0. The van der Waals surface area contributed by atoms with Gasteiger partial charge in [-0.3, -0.25) is 0 Å². The van der Waals surface area contributed by atoms with Gasteiger partial charge >= 0.3 is 0 Å². The van der Waals surface area contributed by atoms with E-state index in [1.165, 1.54) is 5.56 Å². The molecule has 0 spiro atoms. The van der Waals surface area contributed by atoms with Gasteiger partial charge in [0.1, 0.15) is 6.29 Å². The van der Waals surface area contributed by atoms with E-state index in [-0.39, 0.29) is 0 Å². The Hall–Kier alpha value is -2.29. The first kappa shape index (κ1) is 13.1. The first-order valence-corrected chi connectivity index (χ1v) is 6.24. The molecule has 0 atom stereocenters. The maximum Gasteiger partial charge on any atom is 0.139 e. The number of likely N-dealkylation sites (N-methyl/N-ethyl adjacent to an activating group) is 1. The zero-order valence-electron chi connectivity index (χ0n) is 11.3. The van der Waals surface area contributed by atoms with Crippen molar-refractivity contribution in [2.45, 2.75) is 0 Å². The monoisotopic (exact) mass is 254 g/mol. The van der Waals surface area contributed by atoms with Gasteiger partial charge in [-0.05, 0) is 29.3 Å². The molecule has 2 rings (SSSR count). The van der Waals surface area contributed by atoms with Crippen LogP contribution in [0.25, 0.3) is 12.2 Å². The fourth-order valence-electron chi connectivity index (χ4n) is 1.87. The van der Waals surface area contributed by atoms with Crippen LogP contribution < -0.4 is 4.90 Å². The van der Waals surface area contributed by atoms with Crippen molar-refractivity contribution in [3.63, 3.8) is 0 Å². The number of hydrogen-bond acceptors (Lipinski definition) is 2. The van der Waals surface area contributed by atoms with E-state index in [4.69, 9.17) is 0 Å². The molecule has 19 heavy (non-hydrogen) atoms. The van der Waals surface area contributed by atoms with Gasteiger partial charge in [0.2, 0.25) is 0 Å². The van der Waals surface area contributed by atoms with Crippen LogP contribution in [-0.2, 0) is 11.8 Å². The smallest absolute Gasteiger partial charge is 0.139 e. The number of carbonyl (C=O) groups excluding carboxylic acids is 1. The molecule has 0 aliphatic carbocycles. The molecule has 3 heteroatoms. The zero-order valence-corrected chi connectivity index (χ0v) is 11.3. The van der Waals surface area contributed by atoms with Crippen molar-refractivity contribution in [3.8, 4) is 0 Å². The van der Waals surface area contributed by atoms with E-state index in [0.717, 1.165) is 17.5 Å². The van der Waals surface area contributed by atoms with Crippen molar-refractivity contribution in [3.05, 3.63) is 53.9 Å². The molecule has 0 bridgehead atoms. The molecule has 0 aliphatic rings. The number of aryl methyl sites for hydroxylation is 1. The molecule has 0 fully saturated rings. The standard InChI is InChI=1S/C16H18N2O/c1-17-10-9-15(13-17)4-3-14-5-7-16(8-6-14)18(2)11-12-19/h3-10,12-13H,11H2,1-2H3/b4-3+. The lowest BCUT2D eigenvalue weighted by Gasteiger charge is -2.15. The van der Waals surface area contributed by atoms with E-state index in [2.05, 4.69) is 36.5 Å². The van der Waals surface area contributed by atoms with Crippen molar-refractivity contribution < 1.29 is 4.79 Å². The average Bonchev–Trinajstić information content (AvgIpc) is 2.83. The molecule has 0 saturated heterocycles. The second-order valence-electron chi connectivity index (χ2n) is 4.58. The molecule has 0 amide bonds. The van der Waals surface area contributed by atoms with Crippen molar-refractivity contribution in [1.29, 1.82) is 0 Å². The Balaban J connectivity index is 2.06. The Bertz CT molecular complexity index is 567. The van der Waals surface area contributed by atoms with Crippen LogP contribution in [-0.4, -0.2) is 24.4 Å². The van der Waals surface area contributed by atoms with Crippen molar-refractivity contribution in [1.82, 2.24) is 4.57 Å². The molecule has 1 aromatic carbocycles. The van der Waals surface area contributed by atoms with Gasteiger partial charge in [0, 0.05) is 32.2 Å². The topological polar surface area (TPSA) is 25.2 Å². The maximum absolute atomic E-state index is 10.5. The summed E-state index contributed by atoms with van der Waals surface area (Å²) in [7, 11) is 3.91. The summed E-state index contributed by atoms with van der Waals surface area (Å²) in [5.74, 6) is 0. The Morgan fingerprint density at radius 2 is 1.79 bits per heavy atom. The largest absolute Gasteiger partial charge is 0.368 e. The molecular formula is C16H18N2O. The van der Waals surface area contributed by atoms with E-state index in [1.807, 2.05) is 41.9 Å². The van der Waals surface area contributed by atoms with Gasteiger partial charge in [0.15, 0.2) is 0 Å². The molecule has 1 aromatic heterocycles.